The van der Waals surface area contributed by atoms with Crippen LogP contribution in [-0.2, 0) is 27.2 Å². The smallest absolute Gasteiger partial charge is 0.331 e. The zero-order valence-electron chi connectivity index (χ0n) is 15.3. The maximum Gasteiger partial charge on any atom is 0.331 e. The number of aryl methyl sites for hydroxylation is 1. The summed E-state index contributed by atoms with van der Waals surface area (Å²) in [6.45, 7) is -0.494. The molecule has 1 aromatic carbocycles. The summed E-state index contributed by atoms with van der Waals surface area (Å²) in [5.41, 5.74) is 1.88. The fourth-order valence-corrected chi connectivity index (χ4v) is 4.28. The second-order valence-corrected chi connectivity index (χ2v) is 7.47. The van der Waals surface area contributed by atoms with Gasteiger partial charge >= 0.3 is 5.97 Å². The van der Waals surface area contributed by atoms with Gasteiger partial charge in [-0.25, -0.2) is 4.79 Å². The summed E-state index contributed by atoms with van der Waals surface area (Å²) in [6, 6.07) is 7.92. The molecule has 3 rings (SSSR count). The first-order chi connectivity index (χ1) is 14.0. The molecule has 0 aliphatic heterocycles. The number of nitrogens with zero attached hydrogens (tertiary/aromatic N) is 2. The number of carbonyl (C=O) groups is 2. The van der Waals surface area contributed by atoms with Crippen molar-refractivity contribution in [2.75, 3.05) is 11.9 Å². The van der Waals surface area contributed by atoms with Crippen molar-refractivity contribution >= 4 is 40.0 Å². The second-order valence-electron chi connectivity index (χ2n) is 6.37. The summed E-state index contributed by atoms with van der Waals surface area (Å²) < 4.78 is 4.90. The summed E-state index contributed by atoms with van der Waals surface area (Å²) >= 11 is 1.40. The zero-order valence-corrected chi connectivity index (χ0v) is 16.2. The van der Waals surface area contributed by atoms with E-state index < -0.39 is 23.4 Å². The topological polar surface area (TPSA) is 122 Å². The van der Waals surface area contributed by atoms with Crippen LogP contribution in [0.25, 0.3) is 6.08 Å². The molecule has 1 N–H and O–H groups in total. The number of fused-ring (bicyclic) bond motifs is 1. The maximum absolute atomic E-state index is 12.1. The molecule has 0 saturated carbocycles. The fraction of sp³-hybridized carbons (Fsp3) is 0.250. The molecule has 2 aromatic rings. The number of nitriles is 1. The first-order valence-electron chi connectivity index (χ1n) is 8.91. The second kappa shape index (κ2) is 9.12. The Morgan fingerprint density at radius 2 is 2.14 bits per heavy atom. The molecule has 0 radical (unpaired) electrons. The number of esters is 1. The lowest BCUT2D eigenvalue weighted by Crippen LogP contribution is -2.20. The number of anilines is 1. The van der Waals surface area contributed by atoms with Crippen molar-refractivity contribution in [1.29, 1.82) is 5.26 Å². The lowest BCUT2D eigenvalue weighted by atomic mass is 9.96. The van der Waals surface area contributed by atoms with Gasteiger partial charge in [0.2, 0.25) is 0 Å². The van der Waals surface area contributed by atoms with E-state index in [0.29, 0.717) is 16.1 Å². The number of nitro groups is 1. The van der Waals surface area contributed by atoms with E-state index in [2.05, 4.69) is 11.4 Å². The van der Waals surface area contributed by atoms with Gasteiger partial charge in [-0.15, -0.1) is 11.3 Å². The third-order valence-corrected chi connectivity index (χ3v) is 5.58. The number of amides is 1. The van der Waals surface area contributed by atoms with Crippen molar-refractivity contribution in [3.05, 3.63) is 62.0 Å². The molecule has 29 heavy (non-hydrogen) atoms. The SMILES string of the molecule is N#Cc1c(NC(=O)COC(=O)/C=C/c2cccc([N+](=O)[O-])c2)sc2c1CCCC2. The Bertz CT molecular complexity index is 1040. The number of carbonyl (C=O) groups excluding carboxylic acids is 2. The third kappa shape index (κ3) is 5.06. The van der Waals surface area contributed by atoms with E-state index in [0.717, 1.165) is 42.2 Å². The van der Waals surface area contributed by atoms with E-state index in [1.165, 1.54) is 35.6 Å². The highest BCUT2D eigenvalue weighted by Crippen LogP contribution is 2.37. The van der Waals surface area contributed by atoms with E-state index in [4.69, 9.17) is 4.74 Å². The van der Waals surface area contributed by atoms with Crippen LogP contribution in [0.1, 0.15) is 34.4 Å². The molecule has 0 unspecified atom stereocenters. The Labute approximate surface area is 170 Å². The number of nitrogens with one attached hydrogen (secondary N) is 1. The highest BCUT2D eigenvalue weighted by atomic mass is 32.1. The molecule has 1 aromatic heterocycles. The molecule has 9 heteroatoms. The Balaban J connectivity index is 1.55. The van der Waals surface area contributed by atoms with E-state index in [1.54, 1.807) is 6.07 Å². The molecular formula is C20H17N3O5S. The highest BCUT2D eigenvalue weighted by molar-refractivity contribution is 7.16. The first kappa shape index (κ1) is 20.2. The van der Waals surface area contributed by atoms with Gasteiger partial charge in [-0.05, 0) is 42.9 Å². The van der Waals surface area contributed by atoms with Crippen molar-refractivity contribution < 1.29 is 19.2 Å². The van der Waals surface area contributed by atoms with Gasteiger partial charge in [-0.3, -0.25) is 14.9 Å². The molecule has 0 saturated heterocycles. The normalized spacial score (nSPS) is 12.8. The van der Waals surface area contributed by atoms with Gasteiger partial charge in [0, 0.05) is 23.1 Å². The van der Waals surface area contributed by atoms with Gasteiger partial charge in [0.1, 0.15) is 11.1 Å². The molecule has 1 amide bonds. The van der Waals surface area contributed by atoms with Crippen molar-refractivity contribution in [2.45, 2.75) is 25.7 Å². The number of rotatable bonds is 6. The number of ether oxygens (including phenoxy) is 1. The van der Waals surface area contributed by atoms with E-state index in [9.17, 15) is 25.0 Å². The van der Waals surface area contributed by atoms with Gasteiger partial charge in [0.15, 0.2) is 6.61 Å². The van der Waals surface area contributed by atoms with Crippen LogP contribution in [0.2, 0.25) is 0 Å². The van der Waals surface area contributed by atoms with Crippen molar-refractivity contribution in [3.8, 4) is 6.07 Å². The van der Waals surface area contributed by atoms with Crippen LogP contribution >= 0.6 is 11.3 Å². The molecular weight excluding hydrogens is 394 g/mol. The molecule has 0 atom stereocenters. The molecule has 1 aliphatic rings. The predicted octanol–water partition coefficient (Wildman–Crippen LogP) is 3.60. The lowest BCUT2D eigenvalue weighted by Gasteiger charge is -2.09. The van der Waals surface area contributed by atoms with E-state index in [1.807, 2.05) is 0 Å². The molecule has 148 valence electrons. The maximum atomic E-state index is 12.1. The first-order valence-corrected chi connectivity index (χ1v) is 9.73. The van der Waals surface area contributed by atoms with Crippen LogP contribution in [0.3, 0.4) is 0 Å². The number of thiophene rings is 1. The number of hydrogen-bond donors (Lipinski definition) is 1. The molecule has 0 fully saturated rings. The fourth-order valence-electron chi connectivity index (χ4n) is 3.03. The molecule has 8 nitrogen and oxygen atoms in total. The molecule has 1 aliphatic carbocycles. The van der Waals surface area contributed by atoms with E-state index >= 15 is 0 Å². The van der Waals surface area contributed by atoms with Crippen molar-refractivity contribution in [1.82, 2.24) is 0 Å². The average molecular weight is 411 g/mol. The number of nitro benzene ring substituents is 1. The highest BCUT2D eigenvalue weighted by Gasteiger charge is 2.22. The number of non-ortho nitro benzene ring substituents is 1. The Morgan fingerprint density at radius 1 is 1.34 bits per heavy atom. The van der Waals surface area contributed by atoms with Gasteiger partial charge < -0.3 is 10.1 Å². The van der Waals surface area contributed by atoms with Crippen LogP contribution in [0.5, 0.6) is 0 Å². The molecule has 0 bridgehead atoms. The minimum Gasteiger partial charge on any atom is -0.452 e. The summed E-state index contributed by atoms with van der Waals surface area (Å²) in [5, 5.41) is 23.3. The summed E-state index contributed by atoms with van der Waals surface area (Å²) in [6.07, 6.45) is 6.30. The van der Waals surface area contributed by atoms with Gasteiger partial charge in [-0.1, -0.05) is 12.1 Å². The van der Waals surface area contributed by atoms with Crippen LogP contribution in [-0.4, -0.2) is 23.4 Å². The average Bonchev–Trinajstić information content (AvgIpc) is 3.07. The molecule has 1 heterocycles. The van der Waals surface area contributed by atoms with Crippen molar-refractivity contribution in [3.63, 3.8) is 0 Å². The largest absolute Gasteiger partial charge is 0.452 e. The third-order valence-electron chi connectivity index (χ3n) is 4.37. The van der Waals surface area contributed by atoms with Gasteiger partial charge in [0.25, 0.3) is 11.6 Å². The number of benzene rings is 1. The summed E-state index contributed by atoms with van der Waals surface area (Å²) in [4.78, 5) is 35.3. The Hall–Kier alpha value is -3.51. The Kier molecular flexibility index (Phi) is 6.36. The minimum absolute atomic E-state index is 0.0909. The van der Waals surface area contributed by atoms with Gasteiger partial charge in [-0.2, -0.15) is 5.26 Å². The summed E-state index contributed by atoms with van der Waals surface area (Å²) in [5.74, 6) is -1.28. The summed E-state index contributed by atoms with van der Waals surface area (Å²) in [7, 11) is 0. The minimum atomic E-state index is -0.752. The van der Waals surface area contributed by atoms with E-state index in [-0.39, 0.29) is 5.69 Å². The predicted molar refractivity (Wildman–Crippen MR) is 107 cm³/mol. The monoisotopic (exact) mass is 411 g/mol. The molecule has 0 spiro atoms. The van der Waals surface area contributed by atoms with Crippen molar-refractivity contribution in [2.24, 2.45) is 0 Å². The van der Waals surface area contributed by atoms with Crippen LogP contribution in [0, 0.1) is 21.4 Å². The van der Waals surface area contributed by atoms with Crippen LogP contribution < -0.4 is 5.32 Å². The Morgan fingerprint density at radius 3 is 2.90 bits per heavy atom. The standard InChI is InChI=1S/C20H17N3O5S/c21-11-16-15-6-1-2-7-17(15)29-20(16)22-18(24)12-28-19(25)9-8-13-4-3-5-14(10-13)23(26)27/h3-5,8-10H,1-2,6-7,12H2,(H,22,24)/b9-8+. The van der Waals surface area contributed by atoms with Crippen LogP contribution in [0.4, 0.5) is 10.7 Å². The zero-order chi connectivity index (χ0) is 20.8. The number of hydrogen-bond acceptors (Lipinski definition) is 7. The quantitative estimate of drug-likeness (QED) is 0.335. The lowest BCUT2D eigenvalue weighted by molar-refractivity contribution is -0.384. The van der Waals surface area contributed by atoms with Crippen LogP contribution in [0.15, 0.2) is 30.3 Å². The van der Waals surface area contributed by atoms with Gasteiger partial charge in [0.05, 0.1) is 10.5 Å².